The summed E-state index contributed by atoms with van der Waals surface area (Å²) >= 11 is 6.14. The number of carbonyl (C=O) groups is 1. The van der Waals surface area contributed by atoms with Crippen molar-refractivity contribution in [3.05, 3.63) is 119 Å². The zero-order valence-electron chi connectivity index (χ0n) is 20.1. The standard InChI is InChI=1S/C30H29ClN4O/c31-27-8-4-5-22(19-27)21-35-17-13-26(14-18-35)30(36)34-29(28-20-32-15-16-33-28)25-11-9-24(10-12-25)23-6-2-1-3-7-23/h1-12,15-16,19-20,26,29H,13-14,17-18,21H2,(H,34,36). The van der Waals surface area contributed by atoms with Crippen LogP contribution in [0.5, 0.6) is 0 Å². The molecule has 1 aromatic heterocycles. The Hall–Kier alpha value is -3.54. The lowest BCUT2D eigenvalue weighted by Gasteiger charge is -2.32. The quantitative estimate of drug-likeness (QED) is 0.345. The van der Waals surface area contributed by atoms with Crippen LogP contribution in [-0.4, -0.2) is 33.9 Å². The lowest BCUT2D eigenvalue weighted by molar-refractivity contribution is -0.127. The van der Waals surface area contributed by atoms with Crippen molar-refractivity contribution in [2.75, 3.05) is 13.1 Å². The predicted molar refractivity (Wildman–Crippen MR) is 143 cm³/mol. The molecule has 6 heteroatoms. The van der Waals surface area contributed by atoms with Crippen molar-refractivity contribution in [2.24, 2.45) is 5.92 Å². The molecule has 1 aliphatic rings. The molecular weight excluding hydrogens is 468 g/mol. The van der Waals surface area contributed by atoms with Gasteiger partial charge in [-0.1, -0.05) is 78.3 Å². The lowest BCUT2D eigenvalue weighted by Crippen LogP contribution is -2.41. The van der Waals surface area contributed by atoms with Crippen molar-refractivity contribution in [2.45, 2.75) is 25.4 Å². The van der Waals surface area contributed by atoms with E-state index >= 15 is 0 Å². The SMILES string of the molecule is O=C(NC(c1ccc(-c2ccccc2)cc1)c1cnccn1)C1CCN(Cc2cccc(Cl)c2)CC1. The van der Waals surface area contributed by atoms with Gasteiger partial charge in [0.25, 0.3) is 0 Å². The van der Waals surface area contributed by atoms with Crippen LogP contribution < -0.4 is 5.32 Å². The number of aromatic nitrogens is 2. The Labute approximate surface area is 217 Å². The molecule has 0 radical (unpaired) electrons. The van der Waals surface area contributed by atoms with Crippen LogP contribution in [0.2, 0.25) is 5.02 Å². The van der Waals surface area contributed by atoms with Gasteiger partial charge in [-0.25, -0.2) is 0 Å². The second kappa shape index (κ2) is 11.5. The molecule has 2 heterocycles. The Morgan fingerprint density at radius 3 is 2.39 bits per heavy atom. The summed E-state index contributed by atoms with van der Waals surface area (Å²) in [4.78, 5) is 24.5. The molecule has 3 aromatic carbocycles. The minimum Gasteiger partial charge on any atom is -0.343 e. The van der Waals surface area contributed by atoms with Crippen LogP contribution in [0.4, 0.5) is 0 Å². The maximum Gasteiger partial charge on any atom is 0.224 e. The van der Waals surface area contributed by atoms with Crippen LogP contribution in [0.3, 0.4) is 0 Å². The van der Waals surface area contributed by atoms with Crippen molar-refractivity contribution in [3.63, 3.8) is 0 Å². The van der Waals surface area contributed by atoms with E-state index in [1.165, 1.54) is 5.56 Å². The number of hydrogen-bond acceptors (Lipinski definition) is 4. The summed E-state index contributed by atoms with van der Waals surface area (Å²) in [5.41, 5.74) is 5.22. The number of benzene rings is 3. The van der Waals surface area contributed by atoms with Crippen LogP contribution in [0.15, 0.2) is 97.5 Å². The normalized spacial score (nSPS) is 15.4. The van der Waals surface area contributed by atoms with E-state index in [0.29, 0.717) is 0 Å². The maximum absolute atomic E-state index is 13.4. The molecule has 1 amide bonds. The highest BCUT2D eigenvalue weighted by atomic mass is 35.5. The summed E-state index contributed by atoms with van der Waals surface area (Å²) in [5.74, 6) is 0.0450. The maximum atomic E-state index is 13.4. The second-order valence-corrected chi connectivity index (χ2v) is 9.68. The monoisotopic (exact) mass is 496 g/mol. The molecule has 4 aromatic rings. The number of nitrogens with zero attached hydrogens (tertiary/aromatic N) is 3. The predicted octanol–water partition coefficient (Wildman–Crippen LogP) is 5.91. The number of hydrogen-bond donors (Lipinski definition) is 1. The molecule has 182 valence electrons. The molecule has 1 fully saturated rings. The number of piperidine rings is 1. The number of carbonyl (C=O) groups excluding carboxylic acids is 1. The van der Waals surface area contributed by atoms with Crippen molar-refractivity contribution >= 4 is 17.5 Å². The Morgan fingerprint density at radius 1 is 0.944 bits per heavy atom. The van der Waals surface area contributed by atoms with E-state index < -0.39 is 0 Å². The Bertz CT molecular complexity index is 1270. The van der Waals surface area contributed by atoms with Gasteiger partial charge < -0.3 is 5.32 Å². The molecule has 5 nitrogen and oxygen atoms in total. The van der Waals surface area contributed by atoms with Gasteiger partial charge in [-0.2, -0.15) is 0 Å². The van der Waals surface area contributed by atoms with Gasteiger partial charge in [0.15, 0.2) is 0 Å². The van der Waals surface area contributed by atoms with E-state index in [9.17, 15) is 4.79 Å². The Kier molecular flexibility index (Phi) is 7.70. The number of likely N-dealkylation sites (tertiary alicyclic amines) is 1. The summed E-state index contributed by atoms with van der Waals surface area (Å²) in [6.45, 7) is 2.61. The number of halogens is 1. The first-order valence-corrected chi connectivity index (χ1v) is 12.7. The topological polar surface area (TPSA) is 58.1 Å². The molecule has 1 saturated heterocycles. The van der Waals surface area contributed by atoms with E-state index in [0.717, 1.165) is 59.9 Å². The molecule has 1 aliphatic heterocycles. The van der Waals surface area contributed by atoms with E-state index in [2.05, 4.69) is 62.6 Å². The molecule has 1 N–H and O–H groups in total. The zero-order valence-corrected chi connectivity index (χ0v) is 20.8. The van der Waals surface area contributed by atoms with Crippen LogP contribution in [-0.2, 0) is 11.3 Å². The Balaban J connectivity index is 1.26. The highest BCUT2D eigenvalue weighted by Gasteiger charge is 2.28. The highest BCUT2D eigenvalue weighted by molar-refractivity contribution is 6.30. The van der Waals surface area contributed by atoms with Gasteiger partial charge in [0.1, 0.15) is 0 Å². The van der Waals surface area contributed by atoms with Gasteiger partial charge in [0.2, 0.25) is 5.91 Å². The van der Waals surface area contributed by atoms with Crippen molar-refractivity contribution in [3.8, 4) is 11.1 Å². The zero-order chi connectivity index (χ0) is 24.7. The minimum absolute atomic E-state index is 0.0247. The molecule has 0 bridgehead atoms. The molecular formula is C30H29ClN4O. The average molecular weight is 497 g/mol. The fourth-order valence-corrected chi connectivity index (χ4v) is 5.01. The third kappa shape index (κ3) is 5.99. The van der Waals surface area contributed by atoms with Crippen molar-refractivity contribution < 1.29 is 4.79 Å². The second-order valence-electron chi connectivity index (χ2n) is 9.24. The van der Waals surface area contributed by atoms with Crippen LogP contribution in [0.1, 0.15) is 35.7 Å². The van der Waals surface area contributed by atoms with Gasteiger partial charge in [0, 0.05) is 29.9 Å². The summed E-state index contributed by atoms with van der Waals surface area (Å²) in [7, 11) is 0. The van der Waals surface area contributed by atoms with E-state index in [-0.39, 0.29) is 17.9 Å². The first-order chi connectivity index (χ1) is 17.7. The Morgan fingerprint density at radius 2 is 1.69 bits per heavy atom. The fraction of sp³-hybridized carbons (Fsp3) is 0.233. The summed E-state index contributed by atoms with van der Waals surface area (Å²) in [6.07, 6.45) is 6.69. The van der Waals surface area contributed by atoms with Crippen LogP contribution in [0.25, 0.3) is 11.1 Å². The molecule has 36 heavy (non-hydrogen) atoms. The average Bonchev–Trinajstić information content (AvgIpc) is 2.93. The minimum atomic E-state index is -0.347. The van der Waals surface area contributed by atoms with E-state index in [1.54, 1.807) is 18.6 Å². The lowest BCUT2D eigenvalue weighted by atomic mass is 9.94. The first-order valence-electron chi connectivity index (χ1n) is 12.3. The van der Waals surface area contributed by atoms with Gasteiger partial charge in [-0.3, -0.25) is 19.7 Å². The van der Waals surface area contributed by atoms with Gasteiger partial charge in [-0.15, -0.1) is 0 Å². The molecule has 0 spiro atoms. The number of nitrogens with one attached hydrogen (secondary N) is 1. The summed E-state index contributed by atoms with van der Waals surface area (Å²) < 4.78 is 0. The van der Waals surface area contributed by atoms with Gasteiger partial charge in [0.05, 0.1) is 17.9 Å². The fourth-order valence-electron chi connectivity index (χ4n) is 4.79. The summed E-state index contributed by atoms with van der Waals surface area (Å²) in [5, 5.41) is 4.03. The number of rotatable bonds is 7. The molecule has 1 atom stereocenters. The van der Waals surface area contributed by atoms with Crippen molar-refractivity contribution in [1.29, 1.82) is 0 Å². The highest BCUT2D eigenvalue weighted by Crippen LogP contribution is 2.27. The summed E-state index contributed by atoms with van der Waals surface area (Å²) in [6, 6.07) is 26.2. The third-order valence-corrected chi connectivity index (χ3v) is 7.01. The molecule has 5 rings (SSSR count). The molecule has 0 saturated carbocycles. The van der Waals surface area contributed by atoms with E-state index in [1.807, 2.05) is 36.4 Å². The molecule has 1 unspecified atom stereocenters. The smallest absolute Gasteiger partial charge is 0.224 e. The van der Waals surface area contributed by atoms with Crippen molar-refractivity contribution in [1.82, 2.24) is 20.2 Å². The largest absolute Gasteiger partial charge is 0.343 e. The third-order valence-electron chi connectivity index (χ3n) is 6.77. The van der Waals surface area contributed by atoms with Gasteiger partial charge >= 0.3 is 0 Å². The molecule has 0 aliphatic carbocycles. The first kappa shape index (κ1) is 24.2. The van der Waals surface area contributed by atoms with E-state index in [4.69, 9.17) is 11.6 Å². The van der Waals surface area contributed by atoms with Crippen LogP contribution in [0, 0.1) is 5.92 Å². The van der Waals surface area contributed by atoms with Crippen LogP contribution >= 0.6 is 11.6 Å². The number of amides is 1. The van der Waals surface area contributed by atoms with Gasteiger partial charge in [-0.05, 0) is 60.3 Å².